The molecule has 1 aromatic carbocycles. The number of hydrogen-bond acceptors (Lipinski definition) is 6. The molecule has 2 heterocycles. The third-order valence-electron chi connectivity index (χ3n) is 7.44. The molecule has 2 aliphatic heterocycles. The van der Waals surface area contributed by atoms with Crippen molar-refractivity contribution >= 4 is 0 Å². The van der Waals surface area contributed by atoms with Crippen molar-refractivity contribution in [2.24, 2.45) is 5.92 Å². The van der Waals surface area contributed by atoms with E-state index >= 15 is 0 Å². The van der Waals surface area contributed by atoms with Crippen LogP contribution in [0.25, 0.3) is 0 Å². The Hall–Kier alpha value is -2.07. The van der Waals surface area contributed by atoms with Crippen LogP contribution in [0.15, 0.2) is 24.3 Å². The standard InChI is InChI=1S/C24H30N2O4/c1-26-12-10-24-17-7-9-20(28-13-5-3-4-11-25)23(24)30-22-19(29-15-27-2)8-6-16(21(22)24)14-18(17)26/h6-9,17-18,20,23H,3-5,10,12-15H2,1-2H3/t17-,18+,20-,23-,24-/m0/s1. The molecule has 0 unspecified atom stereocenters. The lowest BCUT2D eigenvalue weighted by Crippen LogP contribution is -2.65. The Morgan fingerprint density at radius 1 is 1.30 bits per heavy atom. The molecule has 30 heavy (non-hydrogen) atoms. The van der Waals surface area contributed by atoms with Crippen LogP contribution in [0.2, 0.25) is 0 Å². The van der Waals surface area contributed by atoms with E-state index in [1.165, 1.54) is 11.1 Å². The number of likely N-dealkylation sites (N-methyl/N-ethyl adjacent to an activating group) is 1. The fourth-order valence-electron chi connectivity index (χ4n) is 6.11. The minimum absolute atomic E-state index is 0.0407. The highest BCUT2D eigenvalue weighted by molar-refractivity contribution is 5.62. The molecule has 1 aromatic rings. The zero-order chi connectivity index (χ0) is 20.7. The predicted octanol–water partition coefficient (Wildman–Crippen LogP) is 3.19. The largest absolute Gasteiger partial charge is 0.482 e. The summed E-state index contributed by atoms with van der Waals surface area (Å²) in [6, 6.07) is 6.94. The van der Waals surface area contributed by atoms with E-state index in [9.17, 15) is 0 Å². The minimum Gasteiger partial charge on any atom is -0.482 e. The third-order valence-corrected chi connectivity index (χ3v) is 7.44. The topological polar surface area (TPSA) is 64.0 Å². The molecule has 4 aliphatic rings. The first kappa shape index (κ1) is 19.9. The van der Waals surface area contributed by atoms with Crippen LogP contribution in [0.3, 0.4) is 0 Å². The first-order valence-corrected chi connectivity index (χ1v) is 11.0. The summed E-state index contributed by atoms with van der Waals surface area (Å²) >= 11 is 0. The molecule has 5 atom stereocenters. The van der Waals surface area contributed by atoms with Crippen LogP contribution >= 0.6 is 0 Å². The van der Waals surface area contributed by atoms with Crippen molar-refractivity contribution < 1.29 is 18.9 Å². The van der Waals surface area contributed by atoms with Gasteiger partial charge in [-0.2, -0.15) is 5.26 Å². The van der Waals surface area contributed by atoms with Crippen molar-refractivity contribution in [1.82, 2.24) is 4.90 Å². The molecule has 1 saturated heterocycles. The summed E-state index contributed by atoms with van der Waals surface area (Å²) in [6.07, 6.45) is 8.93. The van der Waals surface area contributed by atoms with Gasteiger partial charge in [-0.05, 0) is 50.9 Å². The number of benzene rings is 1. The molecular weight excluding hydrogens is 380 g/mol. The van der Waals surface area contributed by atoms with Gasteiger partial charge in [0.05, 0.1) is 6.07 Å². The van der Waals surface area contributed by atoms with Crippen LogP contribution in [-0.2, 0) is 21.3 Å². The van der Waals surface area contributed by atoms with Crippen LogP contribution in [0.4, 0.5) is 0 Å². The first-order chi connectivity index (χ1) is 14.7. The average Bonchev–Trinajstić information content (AvgIpc) is 3.11. The Balaban J connectivity index is 1.50. The number of methoxy groups -OCH3 is 1. The molecule has 0 radical (unpaired) electrons. The van der Waals surface area contributed by atoms with Gasteiger partial charge >= 0.3 is 0 Å². The predicted molar refractivity (Wildman–Crippen MR) is 112 cm³/mol. The maximum absolute atomic E-state index is 8.76. The Labute approximate surface area is 178 Å². The molecule has 160 valence electrons. The second kappa shape index (κ2) is 7.88. The molecule has 0 amide bonds. The van der Waals surface area contributed by atoms with Gasteiger partial charge in [0.15, 0.2) is 18.3 Å². The Bertz CT molecular complexity index is 879. The average molecular weight is 411 g/mol. The fraction of sp³-hybridized carbons (Fsp3) is 0.625. The molecule has 0 saturated carbocycles. The summed E-state index contributed by atoms with van der Waals surface area (Å²) in [5.74, 6) is 2.08. The fourth-order valence-corrected chi connectivity index (χ4v) is 6.11. The van der Waals surface area contributed by atoms with Crippen molar-refractivity contribution in [2.75, 3.05) is 34.1 Å². The van der Waals surface area contributed by atoms with Gasteiger partial charge < -0.3 is 23.8 Å². The minimum atomic E-state index is -0.0824. The first-order valence-electron chi connectivity index (χ1n) is 11.0. The van der Waals surface area contributed by atoms with Crippen LogP contribution in [0.1, 0.15) is 36.8 Å². The number of rotatable bonds is 8. The van der Waals surface area contributed by atoms with Crippen molar-refractivity contribution in [2.45, 2.75) is 55.8 Å². The van der Waals surface area contributed by atoms with E-state index in [1.54, 1.807) is 7.11 Å². The lowest BCUT2D eigenvalue weighted by atomic mass is 9.53. The monoisotopic (exact) mass is 410 g/mol. The van der Waals surface area contributed by atoms with Gasteiger partial charge in [-0.1, -0.05) is 18.2 Å². The van der Waals surface area contributed by atoms with Gasteiger partial charge in [-0.25, -0.2) is 0 Å². The van der Waals surface area contributed by atoms with Gasteiger partial charge in [0, 0.05) is 43.1 Å². The van der Waals surface area contributed by atoms with Gasteiger partial charge in [-0.3, -0.25) is 0 Å². The Morgan fingerprint density at radius 2 is 2.20 bits per heavy atom. The number of nitrogens with zero attached hydrogens (tertiary/aromatic N) is 2. The zero-order valence-electron chi connectivity index (χ0n) is 17.8. The van der Waals surface area contributed by atoms with E-state index in [-0.39, 0.29) is 24.4 Å². The molecule has 5 rings (SSSR count). The molecule has 2 bridgehead atoms. The van der Waals surface area contributed by atoms with E-state index in [0.29, 0.717) is 25.0 Å². The molecule has 6 heteroatoms. The molecule has 6 nitrogen and oxygen atoms in total. The molecule has 2 aliphatic carbocycles. The number of piperidine rings is 1. The maximum Gasteiger partial charge on any atom is 0.188 e. The molecule has 1 fully saturated rings. The van der Waals surface area contributed by atoms with Crippen LogP contribution < -0.4 is 9.47 Å². The van der Waals surface area contributed by atoms with E-state index < -0.39 is 0 Å². The van der Waals surface area contributed by atoms with Crippen molar-refractivity contribution in [3.05, 3.63) is 35.4 Å². The van der Waals surface area contributed by atoms with Gasteiger partial charge in [-0.15, -0.1) is 0 Å². The Morgan fingerprint density at radius 3 is 3.03 bits per heavy atom. The van der Waals surface area contributed by atoms with E-state index in [1.807, 2.05) is 6.07 Å². The number of unbranched alkanes of at least 4 members (excludes halogenated alkanes) is 2. The summed E-state index contributed by atoms with van der Waals surface area (Å²) in [5, 5.41) is 8.76. The summed E-state index contributed by atoms with van der Waals surface area (Å²) in [4.78, 5) is 2.51. The maximum atomic E-state index is 8.76. The molecular formula is C24H30N2O4. The van der Waals surface area contributed by atoms with E-state index in [0.717, 1.165) is 43.7 Å². The summed E-state index contributed by atoms with van der Waals surface area (Å²) in [7, 11) is 3.88. The van der Waals surface area contributed by atoms with Crippen molar-refractivity contribution in [1.29, 1.82) is 5.26 Å². The highest BCUT2D eigenvalue weighted by Gasteiger charge is 2.64. The summed E-state index contributed by atoms with van der Waals surface area (Å²) in [5.41, 5.74) is 2.67. The lowest BCUT2D eigenvalue weighted by Gasteiger charge is -2.56. The molecule has 0 aromatic heterocycles. The van der Waals surface area contributed by atoms with Gasteiger partial charge in [0.25, 0.3) is 0 Å². The molecule has 1 spiro atoms. The molecule has 0 N–H and O–H groups in total. The number of likely N-dealkylation sites (tertiary alicyclic amines) is 1. The van der Waals surface area contributed by atoms with Crippen LogP contribution in [0.5, 0.6) is 11.5 Å². The SMILES string of the molecule is COCOc1ccc2c3c1O[C@H]1[C@@H](OCCCCC#N)C=C[C@H]4[C@@H](C2)N(C)CC[C@@]341. The number of ether oxygens (including phenoxy) is 4. The van der Waals surface area contributed by atoms with Crippen molar-refractivity contribution in [3.63, 3.8) is 0 Å². The zero-order valence-corrected chi connectivity index (χ0v) is 17.8. The second-order valence-corrected chi connectivity index (χ2v) is 8.92. The van der Waals surface area contributed by atoms with Crippen molar-refractivity contribution in [3.8, 4) is 17.6 Å². The summed E-state index contributed by atoms with van der Waals surface area (Å²) in [6.45, 7) is 1.92. The second-order valence-electron chi connectivity index (χ2n) is 8.92. The highest BCUT2D eigenvalue weighted by Crippen LogP contribution is 2.62. The normalized spacial score (nSPS) is 33.0. The quantitative estimate of drug-likeness (QED) is 0.373. The van der Waals surface area contributed by atoms with E-state index in [4.69, 9.17) is 24.2 Å². The Kier molecular flexibility index (Phi) is 5.22. The van der Waals surface area contributed by atoms with Crippen LogP contribution in [-0.4, -0.2) is 57.3 Å². The number of nitriles is 1. The van der Waals surface area contributed by atoms with Gasteiger partial charge in [0.2, 0.25) is 0 Å². The highest BCUT2D eigenvalue weighted by atomic mass is 16.7. The van der Waals surface area contributed by atoms with Gasteiger partial charge in [0.1, 0.15) is 12.2 Å². The third kappa shape index (κ3) is 2.87. The lowest BCUT2D eigenvalue weighted by molar-refractivity contribution is -0.0714. The smallest absolute Gasteiger partial charge is 0.188 e. The van der Waals surface area contributed by atoms with E-state index in [2.05, 4.69) is 36.2 Å². The number of hydrogen-bond donors (Lipinski definition) is 0. The summed E-state index contributed by atoms with van der Waals surface area (Å²) < 4.78 is 24.1. The van der Waals surface area contributed by atoms with Crippen LogP contribution in [0, 0.1) is 17.2 Å².